The van der Waals surface area contributed by atoms with Crippen LogP contribution in [0.3, 0.4) is 0 Å². The number of unbranched alkanes of at least 4 members (excludes halogenated alkanes) is 4. The van der Waals surface area contributed by atoms with Crippen LogP contribution in [0.4, 0.5) is 5.82 Å². The van der Waals surface area contributed by atoms with Gasteiger partial charge in [0.1, 0.15) is 11.6 Å². The van der Waals surface area contributed by atoms with Gasteiger partial charge in [-0.15, -0.1) is 0 Å². The van der Waals surface area contributed by atoms with E-state index < -0.39 is 0 Å². The van der Waals surface area contributed by atoms with Crippen LogP contribution < -0.4 is 10.1 Å². The van der Waals surface area contributed by atoms with Crippen LogP contribution in [-0.2, 0) is 6.54 Å². The molecule has 0 saturated heterocycles. The number of nitrogens with one attached hydrogen (secondary N) is 1. The lowest BCUT2D eigenvalue weighted by molar-refractivity contribution is 0.253. The molecule has 1 heterocycles. The van der Waals surface area contributed by atoms with Crippen molar-refractivity contribution in [1.82, 2.24) is 9.27 Å². The van der Waals surface area contributed by atoms with E-state index in [9.17, 15) is 0 Å². The van der Waals surface area contributed by atoms with E-state index in [0.29, 0.717) is 6.61 Å². The second-order valence-electron chi connectivity index (χ2n) is 8.49. The fourth-order valence-electron chi connectivity index (χ4n) is 3.91. The van der Waals surface area contributed by atoms with Crippen LogP contribution in [0, 0.1) is 0 Å². The Morgan fingerprint density at radius 1 is 0.906 bits per heavy atom. The predicted molar refractivity (Wildman–Crippen MR) is 139 cm³/mol. The topological polar surface area (TPSA) is 37.4 Å². The van der Waals surface area contributed by atoms with E-state index in [1.54, 1.807) is 11.5 Å². The number of hydrogen-bond donors (Lipinski definition) is 1. The van der Waals surface area contributed by atoms with E-state index in [1.807, 2.05) is 0 Å². The van der Waals surface area contributed by atoms with Gasteiger partial charge in [-0.3, -0.25) is 4.90 Å². The Bertz CT molecular complexity index is 901. The highest BCUT2D eigenvalue weighted by Crippen LogP contribution is 2.26. The number of hydrogen-bond acceptors (Lipinski definition) is 5. The minimum Gasteiger partial charge on any atom is -0.494 e. The van der Waals surface area contributed by atoms with Gasteiger partial charge in [-0.25, -0.2) is 0 Å². The lowest BCUT2D eigenvalue weighted by Gasteiger charge is -2.22. The van der Waals surface area contributed by atoms with E-state index in [0.717, 1.165) is 31.1 Å². The van der Waals surface area contributed by atoms with Crippen molar-refractivity contribution >= 4 is 27.4 Å². The molecule has 0 unspecified atom stereocenters. The van der Waals surface area contributed by atoms with Crippen LogP contribution in [0.15, 0.2) is 48.5 Å². The minimum absolute atomic E-state index is 0.704. The highest BCUT2D eigenvalue weighted by atomic mass is 32.1. The fraction of sp³-hybridized carbons (Fsp3) is 0.519. The average Bonchev–Trinajstić information content (AvgIpc) is 3.22. The highest BCUT2D eigenvalue weighted by Gasteiger charge is 2.07. The molecule has 3 aromatic rings. The molecule has 2 aromatic carbocycles. The zero-order valence-electron chi connectivity index (χ0n) is 19.8. The summed E-state index contributed by atoms with van der Waals surface area (Å²) in [6.45, 7) is 9.52. The third-order valence-corrected chi connectivity index (χ3v) is 6.55. The summed E-state index contributed by atoms with van der Waals surface area (Å²) in [5.74, 6) is 1.96. The van der Waals surface area contributed by atoms with Gasteiger partial charge < -0.3 is 10.1 Å². The number of aromatic nitrogens is 1. The smallest absolute Gasteiger partial charge is 0.147 e. The average molecular weight is 454 g/mol. The maximum atomic E-state index is 6.06. The number of ether oxygens (including phenoxy) is 1. The van der Waals surface area contributed by atoms with Crippen LogP contribution in [0.2, 0.25) is 0 Å². The SMILES string of the molecule is CCCCCN(CCCCC)Cc1cccc(OCCCNc2nsc3ccccc23)c1. The Balaban J connectivity index is 1.42. The molecule has 0 aliphatic rings. The van der Waals surface area contributed by atoms with E-state index in [2.05, 4.69) is 77.0 Å². The number of benzene rings is 2. The van der Waals surface area contributed by atoms with Gasteiger partial charge in [-0.2, -0.15) is 4.37 Å². The maximum Gasteiger partial charge on any atom is 0.147 e. The van der Waals surface area contributed by atoms with Gasteiger partial charge in [-0.05, 0) is 73.7 Å². The normalized spacial score (nSPS) is 11.3. The predicted octanol–water partition coefficient (Wildman–Crippen LogP) is 7.36. The Labute approximate surface area is 198 Å². The summed E-state index contributed by atoms with van der Waals surface area (Å²) in [5.41, 5.74) is 1.35. The summed E-state index contributed by atoms with van der Waals surface area (Å²) >= 11 is 1.55. The molecule has 0 saturated carbocycles. The summed E-state index contributed by atoms with van der Waals surface area (Å²) in [7, 11) is 0. The van der Waals surface area contributed by atoms with E-state index in [1.165, 1.54) is 67.3 Å². The molecule has 1 N–H and O–H groups in total. The first-order valence-electron chi connectivity index (χ1n) is 12.3. The van der Waals surface area contributed by atoms with Crippen molar-refractivity contribution in [2.75, 3.05) is 31.6 Å². The second kappa shape index (κ2) is 14.1. The molecule has 4 nitrogen and oxygen atoms in total. The number of nitrogens with zero attached hydrogens (tertiary/aromatic N) is 2. The largest absolute Gasteiger partial charge is 0.494 e. The summed E-state index contributed by atoms with van der Waals surface area (Å²) in [5, 5.41) is 4.66. The lowest BCUT2D eigenvalue weighted by atomic mass is 10.1. The van der Waals surface area contributed by atoms with Crippen molar-refractivity contribution in [2.24, 2.45) is 0 Å². The van der Waals surface area contributed by atoms with Gasteiger partial charge >= 0.3 is 0 Å². The molecule has 0 radical (unpaired) electrons. The molecule has 0 atom stereocenters. The van der Waals surface area contributed by atoms with Gasteiger partial charge in [0, 0.05) is 18.5 Å². The number of rotatable bonds is 16. The van der Waals surface area contributed by atoms with Crippen LogP contribution in [0.5, 0.6) is 5.75 Å². The Morgan fingerprint density at radius 2 is 1.69 bits per heavy atom. The molecule has 1 aromatic heterocycles. The minimum atomic E-state index is 0.704. The molecule has 3 rings (SSSR count). The summed E-state index contributed by atoms with van der Waals surface area (Å²) < 4.78 is 11.8. The van der Waals surface area contributed by atoms with Gasteiger partial charge in [0.2, 0.25) is 0 Å². The van der Waals surface area contributed by atoms with Gasteiger partial charge in [0.15, 0.2) is 0 Å². The zero-order valence-corrected chi connectivity index (χ0v) is 20.6. The van der Waals surface area contributed by atoms with Crippen molar-refractivity contribution in [3.63, 3.8) is 0 Å². The summed E-state index contributed by atoms with van der Waals surface area (Å²) in [4.78, 5) is 2.62. The molecule has 0 spiro atoms. The molecular weight excluding hydrogens is 414 g/mol. The third-order valence-electron chi connectivity index (χ3n) is 5.72. The molecule has 0 amide bonds. The first-order valence-corrected chi connectivity index (χ1v) is 13.1. The molecule has 0 bridgehead atoms. The second-order valence-corrected chi connectivity index (χ2v) is 9.30. The molecule has 0 aliphatic carbocycles. The van der Waals surface area contributed by atoms with Gasteiger partial charge in [-0.1, -0.05) is 63.8 Å². The molecule has 174 valence electrons. The van der Waals surface area contributed by atoms with E-state index in [-0.39, 0.29) is 0 Å². The van der Waals surface area contributed by atoms with Crippen molar-refractivity contribution in [2.45, 2.75) is 65.3 Å². The summed E-state index contributed by atoms with van der Waals surface area (Å²) in [6.07, 6.45) is 8.71. The van der Waals surface area contributed by atoms with Crippen LogP contribution in [0.1, 0.15) is 64.4 Å². The zero-order chi connectivity index (χ0) is 22.4. The van der Waals surface area contributed by atoms with Gasteiger partial charge in [0.05, 0.1) is 11.3 Å². The monoisotopic (exact) mass is 453 g/mol. The molecule has 0 fully saturated rings. The Morgan fingerprint density at radius 3 is 2.47 bits per heavy atom. The first-order chi connectivity index (χ1) is 15.8. The maximum absolute atomic E-state index is 6.06. The number of fused-ring (bicyclic) bond motifs is 1. The van der Waals surface area contributed by atoms with Crippen LogP contribution in [-0.4, -0.2) is 35.5 Å². The standard InChI is InChI=1S/C27H39N3OS/c1-3-5-9-18-30(19-10-6-4-2)22-23-13-11-14-24(21-23)31-20-12-17-28-27-25-15-7-8-16-26(25)32-29-27/h7-8,11,13-16,21H,3-6,9-10,12,17-20,22H2,1-2H3,(H,28,29). The molecule has 0 aliphatic heterocycles. The fourth-order valence-corrected chi connectivity index (χ4v) is 4.67. The van der Waals surface area contributed by atoms with Crippen molar-refractivity contribution in [3.8, 4) is 5.75 Å². The van der Waals surface area contributed by atoms with E-state index >= 15 is 0 Å². The van der Waals surface area contributed by atoms with Crippen LogP contribution in [0.25, 0.3) is 10.1 Å². The molecule has 5 heteroatoms. The van der Waals surface area contributed by atoms with Crippen LogP contribution >= 0.6 is 11.5 Å². The van der Waals surface area contributed by atoms with Crippen molar-refractivity contribution in [1.29, 1.82) is 0 Å². The Hall–Kier alpha value is -2.11. The molecular formula is C27H39N3OS. The van der Waals surface area contributed by atoms with E-state index in [4.69, 9.17) is 4.74 Å². The van der Waals surface area contributed by atoms with Crippen molar-refractivity contribution < 1.29 is 4.74 Å². The number of anilines is 1. The quantitative estimate of drug-likeness (QED) is 0.230. The lowest BCUT2D eigenvalue weighted by Crippen LogP contribution is -2.25. The third kappa shape index (κ3) is 8.10. The van der Waals surface area contributed by atoms with Crippen molar-refractivity contribution in [3.05, 3.63) is 54.1 Å². The first kappa shape index (κ1) is 24.5. The molecule has 32 heavy (non-hydrogen) atoms. The van der Waals surface area contributed by atoms with Gasteiger partial charge in [0.25, 0.3) is 0 Å². The summed E-state index contributed by atoms with van der Waals surface area (Å²) in [6, 6.07) is 17.0. The Kier molecular flexibility index (Phi) is 10.8. The highest BCUT2D eigenvalue weighted by molar-refractivity contribution is 7.13.